The van der Waals surface area contributed by atoms with E-state index in [2.05, 4.69) is 32.2 Å². The molecule has 0 aliphatic rings. The first-order valence-corrected chi connectivity index (χ1v) is 6.60. The highest BCUT2D eigenvalue weighted by Crippen LogP contribution is 2.25. The third-order valence-corrected chi connectivity index (χ3v) is 2.75. The molecule has 0 amide bonds. The van der Waals surface area contributed by atoms with Crippen LogP contribution < -0.4 is 10.1 Å². The second-order valence-corrected chi connectivity index (χ2v) is 5.63. The van der Waals surface area contributed by atoms with Crippen LogP contribution in [0.3, 0.4) is 0 Å². The Hall–Kier alpha value is -1.80. The van der Waals surface area contributed by atoms with Crippen LogP contribution in [0.15, 0.2) is 54.6 Å². The first-order chi connectivity index (χ1) is 9.04. The van der Waals surface area contributed by atoms with Gasteiger partial charge in [-0.2, -0.15) is 0 Å². The van der Waals surface area contributed by atoms with Gasteiger partial charge in [0.05, 0.1) is 0 Å². The Balaban J connectivity index is 2.12. The van der Waals surface area contributed by atoms with E-state index in [1.807, 2.05) is 48.5 Å². The van der Waals surface area contributed by atoms with Gasteiger partial charge in [-0.25, -0.2) is 0 Å². The maximum absolute atomic E-state index is 5.93. The van der Waals surface area contributed by atoms with E-state index < -0.39 is 0 Å². The molecule has 2 heteroatoms. The third kappa shape index (κ3) is 4.42. The molecular weight excluding hydrogens is 234 g/mol. The number of rotatable bonds is 4. The Morgan fingerprint density at radius 2 is 1.53 bits per heavy atom. The standard InChI is InChI=1S/C17H21NO/c1-17(2,3)18-13-14-9-7-8-12-16(14)19-15-10-5-4-6-11-15/h4-12,18H,13H2,1-3H3. The zero-order chi connectivity index (χ0) is 13.7. The molecule has 2 aromatic carbocycles. The quantitative estimate of drug-likeness (QED) is 0.876. The minimum absolute atomic E-state index is 0.0971. The van der Waals surface area contributed by atoms with E-state index >= 15 is 0 Å². The molecule has 1 N–H and O–H groups in total. The molecular formula is C17H21NO. The molecule has 0 heterocycles. The van der Waals surface area contributed by atoms with Gasteiger partial charge in [0.25, 0.3) is 0 Å². The maximum Gasteiger partial charge on any atom is 0.131 e. The van der Waals surface area contributed by atoms with Gasteiger partial charge in [-0.05, 0) is 39.0 Å². The van der Waals surface area contributed by atoms with Crippen molar-refractivity contribution in [1.29, 1.82) is 0 Å². The lowest BCUT2D eigenvalue weighted by atomic mass is 10.1. The molecule has 0 saturated heterocycles. The summed E-state index contributed by atoms with van der Waals surface area (Å²) in [6, 6.07) is 18.0. The fraction of sp³-hybridized carbons (Fsp3) is 0.294. The zero-order valence-corrected chi connectivity index (χ0v) is 11.8. The van der Waals surface area contributed by atoms with E-state index in [1.54, 1.807) is 0 Å². The molecule has 0 aliphatic heterocycles. The number of hydrogen-bond acceptors (Lipinski definition) is 2. The molecule has 2 aromatic rings. The van der Waals surface area contributed by atoms with Crippen LogP contribution in [-0.4, -0.2) is 5.54 Å². The number of hydrogen-bond donors (Lipinski definition) is 1. The molecule has 0 saturated carbocycles. The Morgan fingerprint density at radius 3 is 2.21 bits per heavy atom. The highest BCUT2D eigenvalue weighted by atomic mass is 16.5. The fourth-order valence-electron chi connectivity index (χ4n) is 1.73. The van der Waals surface area contributed by atoms with Gasteiger partial charge in [0.15, 0.2) is 0 Å². The molecule has 0 unspecified atom stereocenters. The molecule has 0 atom stereocenters. The summed E-state index contributed by atoms with van der Waals surface area (Å²) < 4.78 is 5.93. The molecule has 0 spiro atoms. The Bertz CT molecular complexity index is 514. The third-order valence-electron chi connectivity index (χ3n) is 2.75. The first-order valence-electron chi connectivity index (χ1n) is 6.60. The summed E-state index contributed by atoms with van der Waals surface area (Å²) in [6.45, 7) is 7.28. The lowest BCUT2D eigenvalue weighted by molar-refractivity contribution is 0.414. The summed E-state index contributed by atoms with van der Waals surface area (Å²) in [4.78, 5) is 0. The van der Waals surface area contributed by atoms with E-state index in [4.69, 9.17) is 4.74 Å². The van der Waals surface area contributed by atoms with Crippen molar-refractivity contribution in [3.05, 3.63) is 60.2 Å². The van der Waals surface area contributed by atoms with Crippen LogP contribution in [0.1, 0.15) is 26.3 Å². The highest BCUT2D eigenvalue weighted by Gasteiger charge is 2.10. The van der Waals surface area contributed by atoms with Crippen LogP contribution in [0.5, 0.6) is 11.5 Å². The molecule has 0 radical (unpaired) electrons. The van der Waals surface area contributed by atoms with Crippen molar-refractivity contribution in [3.8, 4) is 11.5 Å². The van der Waals surface area contributed by atoms with Crippen molar-refractivity contribution in [3.63, 3.8) is 0 Å². The summed E-state index contributed by atoms with van der Waals surface area (Å²) in [5, 5.41) is 3.48. The SMILES string of the molecule is CC(C)(C)NCc1ccccc1Oc1ccccc1. The van der Waals surface area contributed by atoms with Crippen molar-refractivity contribution in [2.75, 3.05) is 0 Å². The van der Waals surface area contributed by atoms with Crippen LogP contribution in [0, 0.1) is 0 Å². The Kier molecular flexibility index (Phi) is 4.23. The summed E-state index contributed by atoms with van der Waals surface area (Å²) in [5.41, 5.74) is 1.26. The van der Waals surface area contributed by atoms with Crippen LogP contribution in [0.2, 0.25) is 0 Å². The van der Waals surface area contributed by atoms with Gasteiger partial charge in [-0.3, -0.25) is 0 Å². The number of nitrogens with one attached hydrogen (secondary N) is 1. The van der Waals surface area contributed by atoms with Crippen LogP contribution in [0.4, 0.5) is 0 Å². The van der Waals surface area contributed by atoms with Gasteiger partial charge in [0, 0.05) is 17.6 Å². The molecule has 0 aliphatic carbocycles. The van der Waals surface area contributed by atoms with E-state index in [1.165, 1.54) is 5.56 Å². The van der Waals surface area contributed by atoms with Crippen molar-refractivity contribution < 1.29 is 4.74 Å². The number of para-hydroxylation sites is 2. The second kappa shape index (κ2) is 5.89. The van der Waals surface area contributed by atoms with Crippen LogP contribution in [0.25, 0.3) is 0 Å². The molecule has 0 aromatic heterocycles. The highest BCUT2D eigenvalue weighted by molar-refractivity contribution is 5.37. The maximum atomic E-state index is 5.93. The summed E-state index contributed by atoms with van der Waals surface area (Å²) in [7, 11) is 0. The Morgan fingerprint density at radius 1 is 0.895 bits per heavy atom. The van der Waals surface area contributed by atoms with Gasteiger partial charge in [0.1, 0.15) is 11.5 Å². The predicted octanol–water partition coefficient (Wildman–Crippen LogP) is 4.37. The lowest BCUT2D eigenvalue weighted by Gasteiger charge is -2.21. The monoisotopic (exact) mass is 255 g/mol. The van der Waals surface area contributed by atoms with Crippen molar-refractivity contribution >= 4 is 0 Å². The lowest BCUT2D eigenvalue weighted by Crippen LogP contribution is -2.35. The normalized spacial score (nSPS) is 11.3. The zero-order valence-electron chi connectivity index (χ0n) is 11.8. The van der Waals surface area contributed by atoms with Gasteiger partial charge >= 0.3 is 0 Å². The number of benzene rings is 2. The Labute approximate surface area is 115 Å². The second-order valence-electron chi connectivity index (χ2n) is 5.63. The number of ether oxygens (including phenoxy) is 1. The van der Waals surface area contributed by atoms with E-state index in [0.29, 0.717) is 0 Å². The summed E-state index contributed by atoms with van der Waals surface area (Å²) >= 11 is 0. The van der Waals surface area contributed by atoms with Crippen molar-refractivity contribution in [1.82, 2.24) is 5.32 Å². The minimum Gasteiger partial charge on any atom is -0.457 e. The van der Waals surface area contributed by atoms with E-state index in [9.17, 15) is 0 Å². The topological polar surface area (TPSA) is 21.3 Å². The molecule has 19 heavy (non-hydrogen) atoms. The molecule has 0 bridgehead atoms. The van der Waals surface area contributed by atoms with Crippen LogP contribution >= 0.6 is 0 Å². The molecule has 2 nitrogen and oxygen atoms in total. The molecule has 0 fully saturated rings. The fourth-order valence-corrected chi connectivity index (χ4v) is 1.73. The van der Waals surface area contributed by atoms with E-state index in [0.717, 1.165) is 18.0 Å². The van der Waals surface area contributed by atoms with Crippen LogP contribution in [-0.2, 0) is 6.54 Å². The van der Waals surface area contributed by atoms with E-state index in [-0.39, 0.29) is 5.54 Å². The van der Waals surface area contributed by atoms with Crippen molar-refractivity contribution in [2.24, 2.45) is 0 Å². The molecule has 2 rings (SSSR count). The van der Waals surface area contributed by atoms with Gasteiger partial charge in [-0.15, -0.1) is 0 Å². The minimum atomic E-state index is 0.0971. The van der Waals surface area contributed by atoms with Crippen molar-refractivity contribution in [2.45, 2.75) is 32.9 Å². The van der Waals surface area contributed by atoms with Gasteiger partial charge in [0.2, 0.25) is 0 Å². The molecule has 100 valence electrons. The largest absolute Gasteiger partial charge is 0.457 e. The first kappa shape index (κ1) is 13.6. The predicted molar refractivity (Wildman–Crippen MR) is 79.6 cm³/mol. The summed E-state index contributed by atoms with van der Waals surface area (Å²) in [6.07, 6.45) is 0. The average Bonchev–Trinajstić information content (AvgIpc) is 2.38. The van der Waals surface area contributed by atoms with Gasteiger partial charge < -0.3 is 10.1 Å². The van der Waals surface area contributed by atoms with Gasteiger partial charge in [-0.1, -0.05) is 36.4 Å². The average molecular weight is 255 g/mol. The smallest absolute Gasteiger partial charge is 0.131 e. The summed E-state index contributed by atoms with van der Waals surface area (Å²) in [5.74, 6) is 1.77.